The number of nitrogens with zero attached hydrogens (tertiary/aromatic N) is 2. The summed E-state index contributed by atoms with van der Waals surface area (Å²) in [6.07, 6.45) is 4.72. The molecule has 5 nitrogen and oxygen atoms in total. The summed E-state index contributed by atoms with van der Waals surface area (Å²) in [6.45, 7) is 6.97. The molecular weight excluding hydrogens is 405 g/mol. The van der Waals surface area contributed by atoms with Crippen molar-refractivity contribution in [2.24, 2.45) is 0 Å². The van der Waals surface area contributed by atoms with Gasteiger partial charge in [0.25, 0.3) is 0 Å². The first-order chi connectivity index (χ1) is 15.5. The Morgan fingerprint density at radius 1 is 1.09 bits per heavy atom. The molecule has 2 aliphatic heterocycles. The smallest absolute Gasteiger partial charge is 0.124 e. The molecular formula is C26H28FN3O2. The third kappa shape index (κ3) is 3.96. The first-order valence-corrected chi connectivity index (χ1v) is 11.1. The van der Waals surface area contributed by atoms with Gasteiger partial charge in [0.15, 0.2) is 0 Å². The van der Waals surface area contributed by atoms with Crippen LogP contribution in [-0.4, -0.2) is 48.5 Å². The number of rotatable bonds is 3. The molecule has 2 atom stereocenters. The minimum Gasteiger partial charge on any atom is -0.508 e. The monoisotopic (exact) mass is 433 g/mol. The van der Waals surface area contributed by atoms with Crippen molar-refractivity contribution < 1.29 is 14.2 Å². The number of hydrogen-bond acceptors (Lipinski definition) is 5. The van der Waals surface area contributed by atoms with Crippen molar-refractivity contribution in [3.63, 3.8) is 0 Å². The zero-order valence-corrected chi connectivity index (χ0v) is 18.4. The Bertz CT molecular complexity index is 1130. The summed E-state index contributed by atoms with van der Waals surface area (Å²) < 4.78 is 20.4. The van der Waals surface area contributed by atoms with E-state index in [9.17, 15) is 9.50 Å². The second kappa shape index (κ2) is 8.52. The van der Waals surface area contributed by atoms with Gasteiger partial charge in [-0.05, 0) is 60.7 Å². The predicted molar refractivity (Wildman–Crippen MR) is 125 cm³/mol. The van der Waals surface area contributed by atoms with Crippen LogP contribution in [0.1, 0.15) is 17.5 Å². The van der Waals surface area contributed by atoms with Gasteiger partial charge in [-0.15, -0.1) is 0 Å². The molecule has 6 heteroatoms. The summed E-state index contributed by atoms with van der Waals surface area (Å²) in [7, 11) is 0. The topological polar surface area (TPSA) is 57.6 Å². The molecule has 0 saturated carbocycles. The first kappa shape index (κ1) is 20.9. The van der Waals surface area contributed by atoms with Crippen LogP contribution in [0.25, 0.3) is 22.3 Å². The molecule has 1 aromatic heterocycles. The molecule has 3 aromatic rings. The van der Waals surface area contributed by atoms with E-state index in [1.807, 2.05) is 44.4 Å². The zero-order chi connectivity index (χ0) is 22.2. The minimum absolute atomic E-state index is 0.104. The third-order valence-corrected chi connectivity index (χ3v) is 6.51. The number of phenols is 1. The standard InChI is InChI=1S/C26H28FN3O2/c1-16-9-19(11-20(27)10-16)22-14-28-13-21(18-4-3-17(2)24(31)12-18)26(22)30-7-5-23-25(15-30)32-8-6-29-23/h3-4,9-14,23,25,29,31H,5-8,15H2,1-2H3. The Morgan fingerprint density at radius 2 is 1.91 bits per heavy atom. The molecule has 2 unspecified atom stereocenters. The molecule has 2 aliphatic rings. The van der Waals surface area contributed by atoms with Crippen LogP contribution in [-0.2, 0) is 4.74 Å². The summed E-state index contributed by atoms with van der Waals surface area (Å²) in [5, 5.41) is 13.9. The number of morpholine rings is 1. The lowest BCUT2D eigenvalue weighted by Crippen LogP contribution is -2.57. The lowest BCUT2D eigenvalue weighted by molar-refractivity contribution is -0.00899. The highest BCUT2D eigenvalue weighted by Crippen LogP contribution is 2.41. The Labute approximate surface area is 187 Å². The second-order valence-electron chi connectivity index (χ2n) is 8.81. The molecule has 32 heavy (non-hydrogen) atoms. The number of piperidine rings is 1. The molecule has 0 bridgehead atoms. The maximum atomic E-state index is 14.3. The summed E-state index contributed by atoms with van der Waals surface area (Å²) in [4.78, 5) is 6.84. The summed E-state index contributed by atoms with van der Waals surface area (Å²) >= 11 is 0. The maximum Gasteiger partial charge on any atom is 0.124 e. The van der Waals surface area contributed by atoms with Crippen molar-refractivity contribution in [2.45, 2.75) is 32.4 Å². The highest BCUT2D eigenvalue weighted by atomic mass is 19.1. The van der Waals surface area contributed by atoms with E-state index in [-0.39, 0.29) is 17.7 Å². The number of halogens is 1. The van der Waals surface area contributed by atoms with Gasteiger partial charge in [-0.25, -0.2) is 4.39 Å². The number of aromatic nitrogens is 1. The van der Waals surface area contributed by atoms with E-state index in [1.54, 1.807) is 12.1 Å². The molecule has 0 spiro atoms. The largest absolute Gasteiger partial charge is 0.508 e. The summed E-state index contributed by atoms with van der Waals surface area (Å²) in [6, 6.07) is 11.1. The number of nitrogens with one attached hydrogen (secondary N) is 1. The van der Waals surface area contributed by atoms with Crippen LogP contribution in [0.4, 0.5) is 10.1 Å². The third-order valence-electron chi connectivity index (χ3n) is 6.51. The van der Waals surface area contributed by atoms with Gasteiger partial charge in [0, 0.05) is 49.2 Å². The number of aryl methyl sites for hydroxylation is 2. The van der Waals surface area contributed by atoms with Crippen LogP contribution in [0.3, 0.4) is 0 Å². The van der Waals surface area contributed by atoms with E-state index in [2.05, 4.69) is 15.2 Å². The molecule has 0 amide bonds. The number of phenolic OH excluding ortho intramolecular Hbond substituents is 1. The highest BCUT2D eigenvalue weighted by molar-refractivity contribution is 5.91. The molecule has 2 fully saturated rings. The predicted octanol–water partition coefficient (Wildman–Crippen LogP) is 4.44. The van der Waals surface area contributed by atoms with Crippen molar-refractivity contribution in [1.82, 2.24) is 10.3 Å². The molecule has 0 radical (unpaired) electrons. The van der Waals surface area contributed by atoms with Gasteiger partial charge >= 0.3 is 0 Å². The van der Waals surface area contributed by atoms with Crippen molar-refractivity contribution in [3.8, 4) is 28.0 Å². The van der Waals surface area contributed by atoms with Gasteiger partial charge in [-0.1, -0.05) is 18.2 Å². The van der Waals surface area contributed by atoms with Crippen LogP contribution in [0, 0.1) is 19.7 Å². The van der Waals surface area contributed by atoms with E-state index < -0.39 is 0 Å². The van der Waals surface area contributed by atoms with E-state index in [1.165, 1.54) is 6.07 Å². The quantitative estimate of drug-likeness (QED) is 0.639. The average molecular weight is 434 g/mol. The maximum absolute atomic E-state index is 14.3. The summed E-state index contributed by atoms with van der Waals surface area (Å²) in [5.41, 5.74) is 6.17. The van der Waals surface area contributed by atoms with Gasteiger partial charge < -0.3 is 20.1 Å². The fourth-order valence-corrected chi connectivity index (χ4v) is 4.86. The van der Waals surface area contributed by atoms with Crippen LogP contribution in [0.15, 0.2) is 48.8 Å². The Hall–Kier alpha value is -2.96. The lowest BCUT2D eigenvalue weighted by Gasteiger charge is -2.43. The van der Waals surface area contributed by atoms with Crippen LogP contribution in [0.2, 0.25) is 0 Å². The lowest BCUT2D eigenvalue weighted by atomic mass is 9.93. The Balaban J connectivity index is 1.66. The fraction of sp³-hybridized carbons (Fsp3) is 0.346. The normalized spacial score (nSPS) is 20.8. The van der Waals surface area contributed by atoms with E-state index in [0.29, 0.717) is 12.6 Å². The Kier molecular flexibility index (Phi) is 5.57. The van der Waals surface area contributed by atoms with Crippen LogP contribution >= 0.6 is 0 Å². The average Bonchev–Trinajstić information content (AvgIpc) is 2.79. The zero-order valence-electron chi connectivity index (χ0n) is 18.4. The number of hydrogen-bond donors (Lipinski definition) is 2. The molecule has 3 heterocycles. The number of benzene rings is 2. The van der Waals surface area contributed by atoms with Crippen molar-refractivity contribution in [1.29, 1.82) is 0 Å². The highest BCUT2D eigenvalue weighted by Gasteiger charge is 2.34. The first-order valence-electron chi connectivity index (χ1n) is 11.1. The fourth-order valence-electron chi connectivity index (χ4n) is 4.86. The number of pyridine rings is 1. The van der Waals surface area contributed by atoms with E-state index >= 15 is 0 Å². The molecule has 2 aromatic carbocycles. The molecule has 2 N–H and O–H groups in total. The molecule has 0 aliphatic carbocycles. The van der Waals surface area contributed by atoms with Gasteiger partial charge in [0.2, 0.25) is 0 Å². The van der Waals surface area contributed by atoms with E-state index in [4.69, 9.17) is 4.74 Å². The van der Waals surface area contributed by atoms with Gasteiger partial charge in [-0.3, -0.25) is 4.98 Å². The Morgan fingerprint density at radius 3 is 2.69 bits per heavy atom. The van der Waals surface area contributed by atoms with Crippen molar-refractivity contribution in [3.05, 3.63) is 65.7 Å². The van der Waals surface area contributed by atoms with Crippen LogP contribution in [0.5, 0.6) is 5.75 Å². The van der Waals surface area contributed by atoms with E-state index in [0.717, 1.165) is 65.1 Å². The van der Waals surface area contributed by atoms with Crippen LogP contribution < -0.4 is 10.2 Å². The summed E-state index contributed by atoms with van der Waals surface area (Å²) in [5.74, 6) is -0.0122. The van der Waals surface area contributed by atoms with Crippen molar-refractivity contribution >= 4 is 5.69 Å². The number of aromatic hydroxyl groups is 1. The number of ether oxygens (including phenoxy) is 1. The second-order valence-corrected chi connectivity index (χ2v) is 8.81. The number of fused-ring (bicyclic) bond motifs is 1. The molecule has 166 valence electrons. The van der Waals surface area contributed by atoms with Gasteiger partial charge in [0.05, 0.1) is 18.4 Å². The SMILES string of the molecule is Cc1cc(F)cc(-c2cncc(-c3ccc(C)c(O)c3)c2N2CCC3NCCOC3C2)c1. The minimum atomic E-state index is -0.261. The van der Waals surface area contributed by atoms with Crippen molar-refractivity contribution in [2.75, 3.05) is 31.1 Å². The van der Waals surface area contributed by atoms with Gasteiger partial charge in [0.1, 0.15) is 11.6 Å². The molecule has 2 saturated heterocycles. The van der Waals surface area contributed by atoms with Gasteiger partial charge in [-0.2, -0.15) is 0 Å². The molecule has 5 rings (SSSR count). The number of anilines is 1.